The summed E-state index contributed by atoms with van der Waals surface area (Å²) in [5.41, 5.74) is 8.16. The number of fused-ring (bicyclic) bond motifs is 1. The van der Waals surface area contributed by atoms with Gasteiger partial charge >= 0.3 is 0 Å². The lowest BCUT2D eigenvalue weighted by molar-refractivity contribution is 0.1000. The number of aliphatic hydroxyl groups is 1. The lowest BCUT2D eigenvalue weighted by Crippen LogP contribution is -2.17. The maximum absolute atomic E-state index is 12.1. The second kappa shape index (κ2) is 6.69. The Bertz CT molecular complexity index is 942. The minimum absolute atomic E-state index is 0.0928. The lowest BCUT2D eigenvalue weighted by atomic mass is 10.1. The summed E-state index contributed by atoms with van der Waals surface area (Å²) in [6, 6.07) is 9.25. The number of aromatic amines is 2. The molecule has 0 bridgehead atoms. The third-order valence-electron chi connectivity index (χ3n) is 3.78. The molecule has 0 radical (unpaired) electrons. The average molecular weight is 326 g/mol. The first-order valence-electron chi connectivity index (χ1n) is 7.54. The van der Waals surface area contributed by atoms with E-state index in [4.69, 9.17) is 10.8 Å². The molecule has 124 valence electrons. The molecule has 0 unspecified atom stereocenters. The summed E-state index contributed by atoms with van der Waals surface area (Å²) in [6.45, 7) is 1.27. The van der Waals surface area contributed by atoms with Gasteiger partial charge in [-0.25, -0.2) is 0 Å². The number of aliphatic hydroxyl groups excluding tert-OH is 1. The summed E-state index contributed by atoms with van der Waals surface area (Å²) in [6.07, 6.45) is 1.31. The molecule has 2 aromatic heterocycles. The summed E-state index contributed by atoms with van der Waals surface area (Å²) in [5, 5.41) is 12.9. The van der Waals surface area contributed by atoms with Crippen LogP contribution >= 0.6 is 0 Å². The molecule has 0 spiro atoms. The van der Waals surface area contributed by atoms with Crippen molar-refractivity contribution in [1.82, 2.24) is 15.3 Å². The van der Waals surface area contributed by atoms with Crippen LogP contribution in [0.4, 0.5) is 0 Å². The number of H-pyrrole nitrogens is 2. The van der Waals surface area contributed by atoms with E-state index in [9.17, 15) is 9.59 Å². The third kappa shape index (κ3) is 3.22. The summed E-state index contributed by atoms with van der Waals surface area (Å²) < 4.78 is 0. The predicted molar refractivity (Wildman–Crippen MR) is 91.7 cm³/mol. The van der Waals surface area contributed by atoms with E-state index in [0.717, 1.165) is 16.5 Å². The van der Waals surface area contributed by atoms with Gasteiger partial charge in [-0.1, -0.05) is 6.07 Å². The molecule has 0 aliphatic heterocycles. The Morgan fingerprint density at radius 3 is 2.83 bits per heavy atom. The zero-order valence-corrected chi connectivity index (χ0v) is 12.9. The Morgan fingerprint density at radius 1 is 1.25 bits per heavy atom. The molecule has 0 aliphatic carbocycles. The largest absolute Gasteiger partial charge is 0.395 e. The van der Waals surface area contributed by atoms with Crippen LogP contribution in [0.5, 0.6) is 0 Å². The van der Waals surface area contributed by atoms with Crippen LogP contribution in [0, 0.1) is 0 Å². The van der Waals surface area contributed by atoms with E-state index in [2.05, 4.69) is 15.3 Å². The van der Waals surface area contributed by atoms with Gasteiger partial charge in [0.1, 0.15) is 0 Å². The van der Waals surface area contributed by atoms with Crippen molar-refractivity contribution in [2.24, 2.45) is 5.73 Å². The number of nitrogens with one attached hydrogen (secondary N) is 3. The number of pyridine rings is 1. The molecule has 6 N–H and O–H groups in total. The molecule has 3 aromatic rings. The highest BCUT2D eigenvalue weighted by atomic mass is 16.3. The van der Waals surface area contributed by atoms with Crippen molar-refractivity contribution in [3.8, 4) is 11.3 Å². The summed E-state index contributed by atoms with van der Waals surface area (Å²) in [7, 11) is 0. The standard InChI is InChI=1S/C17H18N4O3/c18-16(23)12-6-13(17(24)20-9-12)15-7-11-5-10(8-19-3-4-22)1-2-14(11)21-15/h1-2,5-7,9,19,21-22H,3-4,8H2,(H2,18,23)(H,20,24). The van der Waals surface area contributed by atoms with E-state index in [1.54, 1.807) is 0 Å². The molecule has 1 aromatic carbocycles. The molecule has 3 rings (SSSR count). The van der Waals surface area contributed by atoms with E-state index < -0.39 is 5.91 Å². The molecule has 7 nitrogen and oxygen atoms in total. The highest BCUT2D eigenvalue weighted by Crippen LogP contribution is 2.23. The van der Waals surface area contributed by atoms with Crippen LogP contribution in [0.25, 0.3) is 22.2 Å². The molecule has 0 saturated carbocycles. The van der Waals surface area contributed by atoms with E-state index in [-0.39, 0.29) is 17.7 Å². The molecule has 1 amide bonds. The summed E-state index contributed by atoms with van der Waals surface area (Å²) in [4.78, 5) is 29.1. The van der Waals surface area contributed by atoms with Gasteiger partial charge < -0.3 is 26.1 Å². The first kappa shape index (κ1) is 16.0. The predicted octanol–water partition coefficient (Wildman–Crippen LogP) is 0.704. The minimum Gasteiger partial charge on any atom is -0.395 e. The van der Waals surface area contributed by atoms with Gasteiger partial charge in [0.05, 0.1) is 23.4 Å². The molecule has 0 atom stereocenters. The van der Waals surface area contributed by atoms with Crippen molar-refractivity contribution >= 4 is 16.8 Å². The Balaban J connectivity index is 1.97. The Labute approximate surface area is 137 Å². The highest BCUT2D eigenvalue weighted by Gasteiger charge is 2.11. The van der Waals surface area contributed by atoms with Gasteiger partial charge in [-0.2, -0.15) is 0 Å². The highest BCUT2D eigenvalue weighted by molar-refractivity contribution is 5.94. The number of benzene rings is 1. The monoisotopic (exact) mass is 326 g/mol. The fourth-order valence-electron chi connectivity index (χ4n) is 2.58. The van der Waals surface area contributed by atoms with E-state index in [1.165, 1.54) is 12.3 Å². The number of rotatable bonds is 6. The molecule has 0 saturated heterocycles. The van der Waals surface area contributed by atoms with Crippen LogP contribution in [0.15, 0.2) is 41.3 Å². The van der Waals surface area contributed by atoms with Crippen LogP contribution < -0.4 is 16.6 Å². The average Bonchev–Trinajstić information content (AvgIpc) is 2.98. The van der Waals surface area contributed by atoms with Gasteiger partial charge in [0, 0.05) is 30.2 Å². The zero-order chi connectivity index (χ0) is 17.1. The molecular weight excluding hydrogens is 308 g/mol. The van der Waals surface area contributed by atoms with Crippen LogP contribution in [0.1, 0.15) is 15.9 Å². The van der Waals surface area contributed by atoms with Gasteiger partial charge in [0.2, 0.25) is 5.91 Å². The number of aromatic nitrogens is 2. The first-order chi connectivity index (χ1) is 11.6. The van der Waals surface area contributed by atoms with Gasteiger partial charge in [0.15, 0.2) is 0 Å². The van der Waals surface area contributed by atoms with Crippen LogP contribution in [0.2, 0.25) is 0 Å². The fourth-order valence-corrected chi connectivity index (χ4v) is 2.58. The van der Waals surface area contributed by atoms with E-state index in [1.807, 2.05) is 24.3 Å². The molecule has 24 heavy (non-hydrogen) atoms. The Kier molecular flexibility index (Phi) is 4.45. The second-order valence-electron chi connectivity index (χ2n) is 5.50. The van der Waals surface area contributed by atoms with E-state index in [0.29, 0.717) is 24.3 Å². The minimum atomic E-state index is -0.596. The maximum Gasteiger partial charge on any atom is 0.257 e. The van der Waals surface area contributed by atoms with Gasteiger partial charge in [-0.05, 0) is 29.8 Å². The molecular formula is C17H18N4O3. The smallest absolute Gasteiger partial charge is 0.257 e. The maximum atomic E-state index is 12.1. The second-order valence-corrected chi connectivity index (χ2v) is 5.50. The van der Waals surface area contributed by atoms with Crippen molar-refractivity contribution in [3.63, 3.8) is 0 Å². The van der Waals surface area contributed by atoms with Crippen LogP contribution in [-0.4, -0.2) is 34.1 Å². The summed E-state index contributed by atoms with van der Waals surface area (Å²) in [5.74, 6) is -0.596. The third-order valence-corrected chi connectivity index (χ3v) is 3.78. The number of carbonyl (C=O) groups excluding carboxylic acids is 1. The number of hydrogen-bond donors (Lipinski definition) is 5. The normalized spacial score (nSPS) is 11.0. The fraction of sp³-hybridized carbons (Fsp3) is 0.176. The van der Waals surface area contributed by atoms with Gasteiger partial charge in [0.25, 0.3) is 5.56 Å². The Hall–Kier alpha value is -2.90. The number of carbonyl (C=O) groups is 1. The van der Waals surface area contributed by atoms with Crippen molar-refractivity contribution in [3.05, 3.63) is 58.0 Å². The quantitative estimate of drug-likeness (QED) is 0.428. The van der Waals surface area contributed by atoms with Crippen molar-refractivity contribution < 1.29 is 9.90 Å². The van der Waals surface area contributed by atoms with E-state index >= 15 is 0 Å². The van der Waals surface area contributed by atoms with Crippen molar-refractivity contribution in [2.45, 2.75) is 6.54 Å². The number of amides is 1. The number of hydrogen-bond acceptors (Lipinski definition) is 4. The molecule has 7 heteroatoms. The SMILES string of the molecule is NC(=O)c1c[nH]c(=O)c(-c2cc3cc(CNCCO)ccc3[nH]2)c1. The Morgan fingerprint density at radius 2 is 2.08 bits per heavy atom. The van der Waals surface area contributed by atoms with Gasteiger partial charge in [-0.15, -0.1) is 0 Å². The zero-order valence-electron chi connectivity index (χ0n) is 12.9. The molecule has 0 fully saturated rings. The number of nitrogens with two attached hydrogens (primary N) is 1. The lowest BCUT2D eigenvalue weighted by Gasteiger charge is -2.02. The summed E-state index contributed by atoms with van der Waals surface area (Å²) >= 11 is 0. The topological polar surface area (TPSA) is 124 Å². The first-order valence-corrected chi connectivity index (χ1v) is 7.54. The number of primary amides is 1. The molecule has 2 heterocycles. The van der Waals surface area contributed by atoms with Crippen LogP contribution in [0.3, 0.4) is 0 Å². The van der Waals surface area contributed by atoms with Crippen molar-refractivity contribution in [1.29, 1.82) is 0 Å². The van der Waals surface area contributed by atoms with Crippen LogP contribution in [-0.2, 0) is 6.54 Å². The van der Waals surface area contributed by atoms with Gasteiger partial charge in [-0.3, -0.25) is 9.59 Å². The van der Waals surface area contributed by atoms with Crippen molar-refractivity contribution in [2.75, 3.05) is 13.2 Å². The molecule has 0 aliphatic rings.